The standard InChI is InChI=1S/C11H18N2O2S.C2HF3O2/c1-3-8-13(16(2,14)15)11-7-5-4-6-10(11)9-12;3-2(4,5)1(6)7/h4-7H,3,8-9,12H2,1-2H3;(H,6,7). The average Bonchev–Trinajstić information content (AvgIpc) is 2.43. The SMILES string of the molecule is CCCN(c1ccccc1CN)S(C)(=O)=O.O=C(O)C(F)(F)F. The van der Waals surface area contributed by atoms with Gasteiger partial charge in [0.15, 0.2) is 0 Å². The van der Waals surface area contributed by atoms with Crippen molar-refractivity contribution in [1.29, 1.82) is 0 Å². The van der Waals surface area contributed by atoms with Crippen LogP contribution in [0, 0.1) is 0 Å². The Morgan fingerprint density at radius 3 is 2.13 bits per heavy atom. The minimum absolute atomic E-state index is 0.339. The fourth-order valence-corrected chi connectivity index (χ4v) is 2.64. The van der Waals surface area contributed by atoms with E-state index in [9.17, 15) is 21.6 Å². The van der Waals surface area contributed by atoms with Gasteiger partial charge in [0.2, 0.25) is 10.0 Å². The minimum atomic E-state index is -5.08. The minimum Gasteiger partial charge on any atom is -0.475 e. The first-order valence-electron chi connectivity index (χ1n) is 6.50. The number of halogens is 3. The molecule has 0 aromatic heterocycles. The number of carbonyl (C=O) groups is 1. The fourth-order valence-electron chi connectivity index (χ4n) is 1.59. The van der Waals surface area contributed by atoms with E-state index in [0.717, 1.165) is 12.0 Å². The zero-order valence-corrected chi connectivity index (χ0v) is 13.5. The number of benzene rings is 1. The molecule has 0 atom stereocenters. The molecular formula is C13H19F3N2O4S. The second-order valence-electron chi connectivity index (χ2n) is 4.47. The van der Waals surface area contributed by atoms with E-state index in [1.54, 1.807) is 6.07 Å². The summed E-state index contributed by atoms with van der Waals surface area (Å²) in [6, 6.07) is 7.32. The Hall–Kier alpha value is -1.81. The van der Waals surface area contributed by atoms with Crippen LogP contribution in [0.15, 0.2) is 24.3 Å². The van der Waals surface area contributed by atoms with Gasteiger partial charge in [-0.3, -0.25) is 4.31 Å². The number of carboxylic acid groups (broad SMARTS) is 1. The maximum atomic E-state index is 11.7. The van der Waals surface area contributed by atoms with E-state index >= 15 is 0 Å². The predicted molar refractivity (Wildman–Crippen MR) is 80.5 cm³/mol. The van der Waals surface area contributed by atoms with Gasteiger partial charge in [0.25, 0.3) is 0 Å². The number of carboxylic acids is 1. The van der Waals surface area contributed by atoms with E-state index in [-0.39, 0.29) is 0 Å². The first-order chi connectivity index (χ1) is 10.4. The van der Waals surface area contributed by atoms with Gasteiger partial charge in [-0.25, -0.2) is 13.2 Å². The molecule has 0 unspecified atom stereocenters. The van der Waals surface area contributed by atoms with E-state index in [2.05, 4.69) is 0 Å². The van der Waals surface area contributed by atoms with Gasteiger partial charge in [0.1, 0.15) is 0 Å². The molecule has 1 rings (SSSR count). The van der Waals surface area contributed by atoms with Gasteiger partial charge in [0.05, 0.1) is 11.9 Å². The molecule has 0 saturated carbocycles. The quantitative estimate of drug-likeness (QED) is 0.840. The molecule has 6 nitrogen and oxygen atoms in total. The number of hydrogen-bond donors (Lipinski definition) is 2. The molecule has 0 spiro atoms. The lowest BCUT2D eigenvalue weighted by Gasteiger charge is -2.24. The second kappa shape index (κ2) is 8.73. The average molecular weight is 356 g/mol. The molecule has 0 aliphatic carbocycles. The highest BCUT2D eigenvalue weighted by atomic mass is 32.2. The van der Waals surface area contributed by atoms with Gasteiger partial charge >= 0.3 is 12.1 Å². The predicted octanol–water partition coefficient (Wildman–Crippen LogP) is 1.95. The van der Waals surface area contributed by atoms with Crippen LogP contribution in [0.3, 0.4) is 0 Å². The molecule has 0 amide bonds. The van der Waals surface area contributed by atoms with E-state index in [4.69, 9.17) is 15.6 Å². The van der Waals surface area contributed by atoms with Crippen molar-refractivity contribution >= 4 is 21.7 Å². The van der Waals surface area contributed by atoms with Crippen molar-refractivity contribution in [2.45, 2.75) is 26.1 Å². The molecule has 0 radical (unpaired) electrons. The summed E-state index contributed by atoms with van der Waals surface area (Å²) >= 11 is 0. The molecule has 0 aliphatic rings. The highest BCUT2D eigenvalue weighted by Crippen LogP contribution is 2.22. The summed E-state index contributed by atoms with van der Waals surface area (Å²) in [6.45, 7) is 2.77. The molecule has 3 N–H and O–H groups in total. The maximum absolute atomic E-state index is 11.7. The third-order valence-corrected chi connectivity index (χ3v) is 3.73. The molecule has 0 bridgehead atoms. The van der Waals surface area contributed by atoms with Gasteiger partial charge < -0.3 is 10.8 Å². The number of aliphatic carboxylic acids is 1. The first kappa shape index (κ1) is 21.2. The molecule has 0 fully saturated rings. The van der Waals surface area contributed by atoms with Crippen LogP contribution in [0.5, 0.6) is 0 Å². The Morgan fingerprint density at radius 2 is 1.78 bits per heavy atom. The van der Waals surface area contributed by atoms with Crippen LogP contribution in [0.4, 0.5) is 18.9 Å². The van der Waals surface area contributed by atoms with Gasteiger partial charge in [-0.1, -0.05) is 25.1 Å². The third-order valence-electron chi connectivity index (χ3n) is 2.55. The van der Waals surface area contributed by atoms with Crippen LogP contribution in [0.2, 0.25) is 0 Å². The van der Waals surface area contributed by atoms with Gasteiger partial charge in [0, 0.05) is 13.1 Å². The van der Waals surface area contributed by atoms with Crippen LogP contribution < -0.4 is 10.0 Å². The summed E-state index contributed by atoms with van der Waals surface area (Å²) in [5.41, 5.74) is 7.14. The maximum Gasteiger partial charge on any atom is 0.490 e. The summed E-state index contributed by atoms with van der Waals surface area (Å²) in [5, 5.41) is 7.12. The Morgan fingerprint density at radius 1 is 1.30 bits per heavy atom. The van der Waals surface area contributed by atoms with E-state index in [1.165, 1.54) is 10.6 Å². The second-order valence-corrected chi connectivity index (χ2v) is 6.38. The third kappa shape index (κ3) is 7.33. The summed E-state index contributed by atoms with van der Waals surface area (Å²) in [5.74, 6) is -2.76. The van der Waals surface area contributed by atoms with E-state index in [1.807, 2.05) is 25.1 Å². The summed E-state index contributed by atoms with van der Waals surface area (Å²) in [4.78, 5) is 8.90. The number of nitrogens with two attached hydrogens (primary N) is 1. The Kier molecular flexibility index (Phi) is 8.04. The summed E-state index contributed by atoms with van der Waals surface area (Å²) < 4.78 is 56.5. The Bertz CT molecular complexity index is 618. The van der Waals surface area contributed by atoms with Crippen molar-refractivity contribution in [3.05, 3.63) is 29.8 Å². The molecule has 23 heavy (non-hydrogen) atoms. The van der Waals surface area contributed by atoms with Crippen LogP contribution in [-0.4, -0.2) is 38.5 Å². The molecule has 0 aliphatic heterocycles. The van der Waals surface area contributed by atoms with Crippen molar-refractivity contribution in [3.63, 3.8) is 0 Å². The van der Waals surface area contributed by atoms with Crippen LogP contribution in [0.1, 0.15) is 18.9 Å². The number of hydrogen-bond acceptors (Lipinski definition) is 4. The van der Waals surface area contributed by atoms with Crippen LogP contribution in [0.25, 0.3) is 0 Å². The number of rotatable bonds is 5. The normalized spacial score (nSPS) is 11.4. The van der Waals surface area contributed by atoms with E-state index < -0.39 is 22.2 Å². The molecule has 10 heteroatoms. The van der Waals surface area contributed by atoms with E-state index in [0.29, 0.717) is 18.8 Å². The summed E-state index contributed by atoms with van der Waals surface area (Å²) in [6.07, 6.45) is -3.10. The number of sulfonamides is 1. The molecular weight excluding hydrogens is 337 g/mol. The van der Waals surface area contributed by atoms with Crippen molar-refractivity contribution in [2.24, 2.45) is 5.73 Å². The van der Waals surface area contributed by atoms with Gasteiger partial charge in [-0.15, -0.1) is 0 Å². The monoisotopic (exact) mass is 356 g/mol. The van der Waals surface area contributed by atoms with Crippen molar-refractivity contribution in [3.8, 4) is 0 Å². The lowest BCUT2D eigenvalue weighted by molar-refractivity contribution is -0.192. The molecule has 0 heterocycles. The van der Waals surface area contributed by atoms with Crippen molar-refractivity contribution in [1.82, 2.24) is 0 Å². The Labute approximate surface area is 132 Å². The zero-order valence-electron chi connectivity index (χ0n) is 12.7. The molecule has 1 aromatic rings. The number of para-hydroxylation sites is 1. The van der Waals surface area contributed by atoms with Crippen molar-refractivity contribution in [2.75, 3.05) is 17.1 Å². The van der Waals surface area contributed by atoms with Gasteiger partial charge in [-0.2, -0.15) is 13.2 Å². The fraction of sp³-hybridized carbons (Fsp3) is 0.462. The number of alkyl halides is 3. The van der Waals surface area contributed by atoms with Crippen LogP contribution >= 0.6 is 0 Å². The molecule has 0 saturated heterocycles. The lowest BCUT2D eigenvalue weighted by Crippen LogP contribution is -2.31. The highest BCUT2D eigenvalue weighted by Gasteiger charge is 2.38. The molecule has 132 valence electrons. The molecule has 1 aromatic carbocycles. The number of nitrogens with zero attached hydrogens (tertiary/aromatic N) is 1. The van der Waals surface area contributed by atoms with Crippen LogP contribution in [-0.2, 0) is 21.4 Å². The Balaban J connectivity index is 0.000000585. The highest BCUT2D eigenvalue weighted by molar-refractivity contribution is 7.92. The van der Waals surface area contributed by atoms with Crippen molar-refractivity contribution < 1.29 is 31.5 Å². The van der Waals surface area contributed by atoms with Gasteiger partial charge in [-0.05, 0) is 18.1 Å². The zero-order chi connectivity index (χ0) is 18.3. The number of anilines is 1. The topological polar surface area (TPSA) is 101 Å². The first-order valence-corrected chi connectivity index (χ1v) is 8.35. The lowest BCUT2D eigenvalue weighted by atomic mass is 10.2. The summed E-state index contributed by atoms with van der Waals surface area (Å²) in [7, 11) is -3.23. The smallest absolute Gasteiger partial charge is 0.475 e. The largest absolute Gasteiger partial charge is 0.490 e.